The summed E-state index contributed by atoms with van der Waals surface area (Å²) >= 11 is 0. The lowest BCUT2D eigenvalue weighted by Crippen LogP contribution is -2.26. The molecule has 0 rings (SSSR count). The van der Waals surface area contributed by atoms with Gasteiger partial charge in [0.15, 0.2) is 0 Å². The largest absolute Gasteiger partial charge is 0.396 e. The molecule has 1 N–H and O–H groups in total. The molecule has 0 unspecified atom stereocenters. The van der Waals surface area contributed by atoms with Gasteiger partial charge >= 0.3 is 0 Å². The van der Waals surface area contributed by atoms with Crippen molar-refractivity contribution in [3.05, 3.63) is 0 Å². The highest BCUT2D eigenvalue weighted by Gasteiger charge is 2.02. The van der Waals surface area contributed by atoms with Crippen molar-refractivity contribution in [3.63, 3.8) is 0 Å². The second-order valence-corrected chi connectivity index (χ2v) is 3.06. The van der Waals surface area contributed by atoms with E-state index in [1.165, 1.54) is 0 Å². The van der Waals surface area contributed by atoms with Crippen molar-refractivity contribution in [2.75, 3.05) is 26.7 Å². The molecule has 0 bridgehead atoms. The Morgan fingerprint density at radius 3 is 2.58 bits per heavy atom. The third-order valence-corrected chi connectivity index (χ3v) is 1.79. The number of hydrogen-bond donors (Lipinski definition) is 1. The molecule has 0 saturated heterocycles. The van der Waals surface area contributed by atoms with Gasteiger partial charge in [0, 0.05) is 13.0 Å². The quantitative estimate of drug-likeness (QED) is 0.575. The molecule has 12 heavy (non-hydrogen) atoms. The van der Waals surface area contributed by atoms with Gasteiger partial charge in [0.25, 0.3) is 0 Å². The first-order valence-electron chi connectivity index (χ1n) is 4.51. The molecule has 3 heteroatoms. The highest BCUT2D eigenvalue weighted by molar-refractivity contribution is 5.80. The Hall–Kier alpha value is -0.410. The van der Waals surface area contributed by atoms with E-state index >= 15 is 0 Å². The van der Waals surface area contributed by atoms with Gasteiger partial charge in [0.2, 0.25) is 0 Å². The molecule has 0 atom stereocenters. The molecule has 0 aliphatic heterocycles. The van der Waals surface area contributed by atoms with E-state index in [0.29, 0.717) is 13.0 Å². The fourth-order valence-corrected chi connectivity index (χ4v) is 0.985. The number of carbonyl (C=O) groups excluding carboxylic acids is 1. The maximum atomic E-state index is 11.0. The molecule has 0 saturated carbocycles. The van der Waals surface area contributed by atoms with Crippen molar-refractivity contribution < 1.29 is 9.90 Å². The number of carbonyl (C=O) groups is 1. The van der Waals surface area contributed by atoms with Gasteiger partial charge in [-0.1, -0.05) is 6.92 Å². The molecule has 0 heterocycles. The van der Waals surface area contributed by atoms with Crippen LogP contribution < -0.4 is 0 Å². The number of unbranched alkanes of at least 4 members (excludes halogenated alkanes) is 1. The van der Waals surface area contributed by atoms with Crippen LogP contribution in [0.25, 0.3) is 0 Å². The molecule has 3 nitrogen and oxygen atoms in total. The minimum absolute atomic E-state index is 0.246. The van der Waals surface area contributed by atoms with Crippen molar-refractivity contribution >= 4 is 5.78 Å². The van der Waals surface area contributed by atoms with E-state index < -0.39 is 0 Å². The Morgan fingerprint density at radius 1 is 1.42 bits per heavy atom. The van der Waals surface area contributed by atoms with Crippen LogP contribution in [0.3, 0.4) is 0 Å². The highest BCUT2D eigenvalue weighted by Crippen LogP contribution is 1.93. The molecule has 0 spiro atoms. The Morgan fingerprint density at radius 2 is 2.08 bits per heavy atom. The zero-order chi connectivity index (χ0) is 9.40. The van der Waals surface area contributed by atoms with Crippen molar-refractivity contribution in [2.24, 2.45) is 0 Å². The van der Waals surface area contributed by atoms with E-state index in [-0.39, 0.29) is 12.4 Å². The van der Waals surface area contributed by atoms with Crippen LogP contribution in [0.15, 0.2) is 0 Å². The third-order valence-electron chi connectivity index (χ3n) is 1.79. The summed E-state index contributed by atoms with van der Waals surface area (Å²) in [7, 11) is 1.94. The summed E-state index contributed by atoms with van der Waals surface area (Å²) < 4.78 is 0. The Labute approximate surface area is 74.4 Å². The maximum Gasteiger partial charge on any atom is 0.146 e. The SMILES string of the molecule is CCC(=O)CN(C)CCCCO. The summed E-state index contributed by atoms with van der Waals surface area (Å²) in [6.45, 7) is 3.56. The van der Waals surface area contributed by atoms with Crippen LogP contribution in [0.5, 0.6) is 0 Å². The molecule has 72 valence electrons. The van der Waals surface area contributed by atoms with Crippen LogP contribution in [-0.2, 0) is 4.79 Å². The average Bonchev–Trinajstić information content (AvgIpc) is 2.05. The molecule has 0 radical (unpaired) electrons. The standard InChI is InChI=1S/C9H19NO2/c1-3-9(12)8-10(2)6-4-5-7-11/h11H,3-8H2,1-2H3. The minimum atomic E-state index is 0.246. The monoisotopic (exact) mass is 173 g/mol. The summed E-state index contributed by atoms with van der Waals surface area (Å²) in [5.74, 6) is 0.279. The predicted octanol–water partition coefficient (Wildman–Crippen LogP) is 0.670. The van der Waals surface area contributed by atoms with Crippen LogP contribution in [-0.4, -0.2) is 42.5 Å². The second kappa shape index (κ2) is 7.25. The number of likely N-dealkylation sites (N-methyl/N-ethyl adjacent to an activating group) is 1. The zero-order valence-corrected chi connectivity index (χ0v) is 8.05. The van der Waals surface area contributed by atoms with Crippen molar-refractivity contribution in [2.45, 2.75) is 26.2 Å². The molecule has 0 fully saturated rings. The summed E-state index contributed by atoms with van der Waals surface area (Å²) in [5.41, 5.74) is 0. The first-order valence-corrected chi connectivity index (χ1v) is 4.51. The lowest BCUT2D eigenvalue weighted by Gasteiger charge is -2.14. The predicted molar refractivity (Wildman–Crippen MR) is 49.1 cm³/mol. The Balaban J connectivity index is 3.32. The lowest BCUT2D eigenvalue weighted by molar-refractivity contribution is -0.119. The third kappa shape index (κ3) is 6.31. The number of aliphatic hydroxyl groups excluding tert-OH is 1. The number of rotatable bonds is 7. The van der Waals surface area contributed by atoms with Gasteiger partial charge in [-0.15, -0.1) is 0 Å². The van der Waals surface area contributed by atoms with Gasteiger partial charge in [-0.25, -0.2) is 0 Å². The lowest BCUT2D eigenvalue weighted by atomic mass is 10.2. The summed E-state index contributed by atoms with van der Waals surface area (Å²) in [6.07, 6.45) is 2.40. The summed E-state index contributed by atoms with van der Waals surface area (Å²) in [4.78, 5) is 13.0. The molecule has 0 aliphatic rings. The van der Waals surface area contributed by atoms with E-state index in [1.54, 1.807) is 0 Å². The average molecular weight is 173 g/mol. The van der Waals surface area contributed by atoms with Gasteiger partial charge in [0.05, 0.1) is 6.54 Å². The van der Waals surface area contributed by atoms with Crippen LogP contribution >= 0.6 is 0 Å². The number of Topliss-reactive ketones (excluding diaryl/α,β-unsaturated/α-hetero) is 1. The van der Waals surface area contributed by atoms with E-state index in [2.05, 4.69) is 0 Å². The fourth-order valence-electron chi connectivity index (χ4n) is 0.985. The Kier molecular flexibility index (Phi) is 7.00. The van der Waals surface area contributed by atoms with Crippen LogP contribution in [0.1, 0.15) is 26.2 Å². The molecule has 0 aromatic carbocycles. The van der Waals surface area contributed by atoms with Crippen molar-refractivity contribution in [1.29, 1.82) is 0 Å². The molecule has 0 aromatic heterocycles. The van der Waals surface area contributed by atoms with Gasteiger partial charge in [0.1, 0.15) is 5.78 Å². The summed E-state index contributed by atoms with van der Waals surface area (Å²) in [6, 6.07) is 0. The van der Waals surface area contributed by atoms with E-state index in [0.717, 1.165) is 19.4 Å². The van der Waals surface area contributed by atoms with Crippen LogP contribution in [0.4, 0.5) is 0 Å². The molecule has 0 amide bonds. The highest BCUT2D eigenvalue weighted by atomic mass is 16.2. The molecule has 0 aromatic rings. The van der Waals surface area contributed by atoms with E-state index in [1.807, 2.05) is 18.9 Å². The molecular weight excluding hydrogens is 154 g/mol. The minimum Gasteiger partial charge on any atom is -0.396 e. The normalized spacial score (nSPS) is 10.7. The van der Waals surface area contributed by atoms with Gasteiger partial charge in [-0.05, 0) is 26.4 Å². The second-order valence-electron chi connectivity index (χ2n) is 3.06. The van der Waals surface area contributed by atoms with Gasteiger partial charge in [-0.2, -0.15) is 0 Å². The van der Waals surface area contributed by atoms with Crippen molar-refractivity contribution in [3.8, 4) is 0 Å². The number of nitrogens with zero attached hydrogens (tertiary/aromatic N) is 1. The smallest absolute Gasteiger partial charge is 0.146 e. The van der Waals surface area contributed by atoms with E-state index in [4.69, 9.17) is 5.11 Å². The fraction of sp³-hybridized carbons (Fsp3) is 0.889. The van der Waals surface area contributed by atoms with Gasteiger partial charge < -0.3 is 5.11 Å². The Bertz CT molecular complexity index is 126. The van der Waals surface area contributed by atoms with Crippen molar-refractivity contribution in [1.82, 2.24) is 4.90 Å². The topological polar surface area (TPSA) is 40.5 Å². The number of aliphatic hydroxyl groups is 1. The van der Waals surface area contributed by atoms with Crippen LogP contribution in [0, 0.1) is 0 Å². The molecule has 0 aliphatic carbocycles. The first-order chi connectivity index (χ1) is 5.70. The van der Waals surface area contributed by atoms with E-state index in [9.17, 15) is 4.79 Å². The number of ketones is 1. The maximum absolute atomic E-state index is 11.0. The number of hydrogen-bond acceptors (Lipinski definition) is 3. The van der Waals surface area contributed by atoms with Gasteiger partial charge in [-0.3, -0.25) is 9.69 Å². The first kappa shape index (κ1) is 11.6. The summed E-state index contributed by atoms with van der Waals surface area (Å²) in [5, 5.41) is 8.52. The zero-order valence-electron chi connectivity index (χ0n) is 8.05. The molecular formula is C9H19NO2. The van der Waals surface area contributed by atoms with Crippen LogP contribution in [0.2, 0.25) is 0 Å².